The van der Waals surface area contributed by atoms with Gasteiger partial charge in [0, 0.05) is 27.4 Å². The second kappa shape index (κ2) is 9.87. The maximum atomic E-state index is 14.1. The Morgan fingerprint density at radius 3 is 2.70 bits per heavy atom. The second-order valence-electron chi connectivity index (χ2n) is 7.11. The highest BCUT2D eigenvalue weighted by molar-refractivity contribution is 6.35. The van der Waals surface area contributed by atoms with Crippen molar-refractivity contribution in [2.45, 2.75) is 20.1 Å². The summed E-state index contributed by atoms with van der Waals surface area (Å²) in [6, 6.07) is 14.2. The van der Waals surface area contributed by atoms with Crippen molar-refractivity contribution < 1.29 is 18.3 Å². The van der Waals surface area contributed by atoms with Crippen LogP contribution in [0.2, 0.25) is 15.1 Å². The fourth-order valence-electron chi connectivity index (χ4n) is 3.06. The Bertz CT molecular complexity index is 1300. The van der Waals surface area contributed by atoms with Gasteiger partial charge in [-0.3, -0.25) is 9.48 Å². The van der Waals surface area contributed by atoms with Gasteiger partial charge in [-0.15, -0.1) is 0 Å². The Hall–Kier alpha value is -3.00. The largest absolute Gasteiger partial charge is 0.484 e. The van der Waals surface area contributed by atoms with Crippen LogP contribution in [0, 0.1) is 12.7 Å². The molecule has 4 aromatic rings. The van der Waals surface area contributed by atoms with Gasteiger partial charge in [0.1, 0.15) is 23.9 Å². The van der Waals surface area contributed by atoms with Gasteiger partial charge in [-0.1, -0.05) is 40.9 Å². The molecule has 2 heterocycles. The van der Waals surface area contributed by atoms with Gasteiger partial charge in [-0.05, 0) is 49.4 Å². The molecule has 33 heavy (non-hydrogen) atoms. The topological polar surface area (TPSA) is 69.3 Å². The Morgan fingerprint density at radius 2 is 1.94 bits per heavy atom. The van der Waals surface area contributed by atoms with Gasteiger partial charge in [0.25, 0.3) is 5.91 Å². The molecule has 1 N–H and O–H groups in total. The van der Waals surface area contributed by atoms with Gasteiger partial charge in [0.05, 0.1) is 11.6 Å². The van der Waals surface area contributed by atoms with Crippen molar-refractivity contribution in [1.29, 1.82) is 0 Å². The highest BCUT2D eigenvalue weighted by Gasteiger charge is 2.16. The van der Waals surface area contributed by atoms with Crippen LogP contribution in [0.4, 0.5) is 10.2 Å². The first-order valence-electron chi connectivity index (χ1n) is 9.75. The minimum Gasteiger partial charge on any atom is -0.484 e. The van der Waals surface area contributed by atoms with E-state index in [0.29, 0.717) is 38.0 Å². The zero-order valence-corrected chi connectivity index (χ0v) is 19.5. The van der Waals surface area contributed by atoms with E-state index >= 15 is 0 Å². The highest BCUT2D eigenvalue weighted by Crippen LogP contribution is 2.28. The van der Waals surface area contributed by atoms with Crippen molar-refractivity contribution in [3.8, 4) is 5.75 Å². The van der Waals surface area contributed by atoms with E-state index in [1.54, 1.807) is 48.0 Å². The number of benzene rings is 2. The van der Waals surface area contributed by atoms with Gasteiger partial charge >= 0.3 is 0 Å². The Morgan fingerprint density at radius 1 is 1.12 bits per heavy atom. The fraction of sp³-hybridized carbons (Fsp3) is 0.130. The number of nitrogens with one attached hydrogen (secondary N) is 1. The van der Waals surface area contributed by atoms with Crippen molar-refractivity contribution in [1.82, 2.24) is 9.78 Å². The van der Waals surface area contributed by atoms with E-state index in [0.717, 1.165) is 5.69 Å². The zero-order valence-electron chi connectivity index (χ0n) is 17.2. The Balaban J connectivity index is 1.40. The standard InChI is InChI=1S/C23H17Cl3FN3O3/c1-13-9-22(29-30(13)11-16-17(25)3-2-4-19(16)27)28-23(31)21-8-6-15(33-21)12-32-20-7-5-14(24)10-18(20)26/h2-10H,11-12H2,1H3,(H,28,29,31). The van der Waals surface area contributed by atoms with E-state index in [-0.39, 0.29) is 18.9 Å². The Labute approximate surface area is 203 Å². The third kappa shape index (κ3) is 5.50. The van der Waals surface area contributed by atoms with Crippen LogP contribution in [-0.4, -0.2) is 15.7 Å². The summed E-state index contributed by atoms with van der Waals surface area (Å²) < 4.78 is 26.8. The number of nitrogens with zero attached hydrogens (tertiary/aromatic N) is 2. The summed E-state index contributed by atoms with van der Waals surface area (Å²) in [5.41, 5.74) is 1.04. The normalized spacial score (nSPS) is 10.9. The molecule has 0 bridgehead atoms. The number of ether oxygens (including phenoxy) is 1. The summed E-state index contributed by atoms with van der Waals surface area (Å²) >= 11 is 18.1. The molecule has 0 aliphatic rings. The maximum absolute atomic E-state index is 14.1. The lowest BCUT2D eigenvalue weighted by atomic mass is 10.2. The summed E-state index contributed by atoms with van der Waals surface area (Å²) in [5.74, 6) is 0.348. The average molecular weight is 509 g/mol. The van der Waals surface area contributed by atoms with Crippen molar-refractivity contribution in [3.05, 3.63) is 98.3 Å². The average Bonchev–Trinajstić information content (AvgIpc) is 3.37. The number of carbonyl (C=O) groups excluding carboxylic acids is 1. The molecule has 0 saturated carbocycles. The maximum Gasteiger partial charge on any atom is 0.292 e. The molecule has 0 aliphatic carbocycles. The molecule has 0 aliphatic heterocycles. The van der Waals surface area contributed by atoms with E-state index in [1.165, 1.54) is 18.2 Å². The predicted molar refractivity (Wildman–Crippen MR) is 125 cm³/mol. The SMILES string of the molecule is Cc1cc(NC(=O)c2ccc(COc3ccc(Cl)cc3Cl)o2)nn1Cc1c(F)cccc1Cl. The van der Waals surface area contributed by atoms with Crippen LogP contribution in [0.5, 0.6) is 5.75 Å². The highest BCUT2D eigenvalue weighted by atomic mass is 35.5. The van der Waals surface area contributed by atoms with E-state index in [1.807, 2.05) is 0 Å². The third-order valence-electron chi connectivity index (χ3n) is 4.74. The molecule has 10 heteroatoms. The molecule has 2 aromatic carbocycles. The van der Waals surface area contributed by atoms with E-state index in [9.17, 15) is 9.18 Å². The van der Waals surface area contributed by atoms with E-state index in [4.69, 9.17) is 44.0 Å². The number of hydrogen-bond donors (Lipinski definition) is 1. The van der Waals surface area contributed by atoms with Gasteiger partial charge in [0.2, 0.25) is 0 Å². The quantitative estimate of drug-likeness (QED) is 0.299. The third-order valence-corrected chi connectivity index (χ3v) is 5.63. The van der Waals surface area contributed by atoms with Crippen LogP contribution in [0.25, 0.3) is 0 Å². The number of furan rings is 1. The summed E-state index contributed by atoms with van der Waals surface area (Å²) in [4.78, 5) is 12.6. The summed E-state index contributed by atoms with van der Waals surface area (Å²) in [6.45, 7) is 2.00. The number of carbonyl (C=O) groups is 1. The van der Waals surface area contributed by atoms with Crippen LogP contribution < -0.4 is 10.1 Å². The molecule has 0 fully saturated rings. The van der Waals surface area contributed by atoms with Gasteiger partial charge in [-0.2, -0.15) is 5.10 Å². The molecule has 0 unspecified atom stereocenters. The Kier molecular flexibility index (Phi) is 6.93. The molecule has 1 amide bonds. The molecule has 2 aromatic heterocycles. The van der Waals surface area contributed by atoms with Crippen molar-refractivity contribution in [2.75, 3.05) is 5.32 Å². The molecular formula is C23H17Cl3FN3O3. The molecule has 0 radical (unpaired) electrons. The number of aromatic nitrogens is 2. The lowest BCUT2D eigenvalue weighted by Gasteiger charge is -2.07. The lowest BCUT2D eigenvalue weighted by molar-refractivity contribution is 0.0992. The number of hydrogen-bond acceptors (Lipinski definition) is 4. The van der Waals surface area contributed by atoms with Gasteiger partial charge in [0.15, 0.2) is 11.6 Å². The first-order chi connectivity index (χ1) is 15.8. The predicted octanol–water partition coefficient (Wildman–Crippen LogP) is 6.76. The minimum atomic E-state index is -0.487. The molecule has 0 saturated heterocycles. The first-order valence-corrected chi connectivity index (χ1v) is 10.9. The molecule has 6 nitrogen and oxygen atoms in total. The number of aryl methyl sites for hydroxylation is 1. The van der Waals surface area contributed by atoms with Crippen LogP contribution in [0.3, 0.4) is 0 Å². The second-order valence-corrected chi connectivity index (χ2v) is 8.36. The van der Waals surface area contributed by atoms with Gasteiger partial charge < -0.3 is 14.5 Å². The van der Waals surface area contributed by atoms with Crippen LogP contribution in [-0.2, 0) is 13.2 Å². The number of halogens is 4. The summed E-state index contributed by atoms with van der Waals surface area (Å²) in [7, 11) is 0. The van der Waals surface area contributed by atoms with E-state index in [2.05, 4.69) is 10.4 Å². The smallest absolute Gasteiger partial charge is 0.292 e. The van der Waals surface area contributed by atoms with Gasteiger partial charge in [-0.25, -0.2) is 4.39 Å². The summed E-state index contributed by atoms with van der Waals surface area (Å²) in [5, 5.41) is 8.16. The number of rotatable bonds is 7. The molecular weight excluding hydrogens is 492 g/mol. The monoisotopic (exact) mass is 507 g/mol. The van der Waals surface area contributed by atoms with Crippen molar-refractivity contribution in [2.24, 2.45) is 0 Å². The zero-order chi connectivity index (χ0) is 23.5. The first kappa shape index (κ1) is 23.2. The molecule has 0 spiro atoms. The van der Waals surface area contributed by atoms with Crippen molar-refractivity contribution >= 4 is 46.5 Å². The molecule has 4 rings (SSSR count). The lowest BCUT2D eigenvalue weighted by Crippen LogP contribution is -2.12. The number of amides is 1. The van der Waals surface area contributed by atoms with Crippen LogP contribution >= 0.6 is 34.8 Å². The van der Waals surface area contributed by atoms with Crippen molar-refractivity contribution in [3.63, 3.8) is 0 Å². The van der Waals surface area contributed by atoms with Crippen LogP contribution in [0.1, 0.15) is 27.6 Å². The number of anilines is 1. The molecule has 170 valence electrons. The summed E-state index contributed by atoms with van der Waals surface area (Å²) in [6.07, 6.45) is 0. The molecule has 0 atom stereocenters. The van der Waals surface area contributed by atoms with Crippen LogP contribution in [0.15, 0.2) is 59.0 Å². The minimum absolute atomic E-state index is 0.0752. The van der Waals surface area contributed by atoms with E-state index < -0.39 is 11.7 Å². The fourth-order valence-corrected chi connectivity index (χ4v) is 3.75.